The molecule has 1 aromatic heterocycles. The number of aromatic nitrogens is 1. The molecule has 7 rings (SSSR count). The van der Waals surface area contributed by atoms with Crippen LogP contribution < -0.4 is 38.5 Å². The van der Waals surface area contributed by atoms with Gasteiger partial charge in [0.25, 0.3) is 0 Å². The quantitative estimate of drug-likeness (QED) is 0.132. The zero-order valence-corrected chi connectivity index (χ0v) is 29.5. The van der Waals surface area contributed by atoms with Crippen molar-refractivity contribution in [3.8, 4) is 0 Å². The van der Waals surface area contributed by atoms with Crippen molar-refractivity contribution < 1.29 is 87.6 Å². The van der Waals surface area contributed by atoms with Crippen molar-refractivity contribution in [3.05, 3.63) is 125 Å². The molecule has 14 heteroatoms. The molecule has 3 aliphatic heterocycles. The van der Waals surface area contributed by atoms with Gasteiger partial charge in [-0.05, 0) is 42.3 Å². The van der Waals surface area contributed by atoms with Crippen LogP contribution in [0.2, 0.25) is 0 Å². The summed E-state index contributed by atoms with van der Waals surface area (Å²) in [5.41, 5.74) is -2.06. The molecule has 3 aromatic carbocycles. The molecule has 0 saturated carbocycles. The summed E-state index contributed by atoms with van der Waals surface area (Å²) in [5, 5.41) is 12.7. The van der Waals surface area contributed by atoms with Gasteiger partial charge in [0.15, 0.2) is 12.7 Å². The topological polar surface area (TPSA) is 24.1 Å². The van der Waals surface area contributed by atoms with E-state index in [-0.39, 0.29) is 75.0 Å². The lowest BCUT2D eigenvalue weighted by molar-refractivity contribution is -0.985. The first-order valence-electron chi connectivity index (χ1n) is 15.5. The molecule has 0 aliphatic carbocycles. The minimum absolute atomic E-state index is 0. The number of para-hydroxylation sites is 1. The largest absolute Gasteiger partial charge is 1.00 e. The highest BCUT2D eigenvalue weighted by atomic mass is 79.9. The molecule has 50 heavy (non-hydrogen) atoms. The molecular weight excluding hydrogens is 807 g/mol. The Morgan fingerprint density at radius 1 is 0.800 bits per heavy atom. The molecule has 2 bridgehead atoms. The van der Waals surface area contributed by atoms with Gasteiger partial charge >= 0.3 is 18.5 Å². The number of halogens is 11. The molecule has 4 heterocycles. The number of quaternary nitrogens is 1. The third kappa shape index (κ3) is 7.93. The predicted octanol–water partition coefficient (Wildman–Crippen LogP) is 2.88. The summed E-state index contributed by atoms with van der Waals surface area (Å²) >= 11 is 0. The molecular formula is C36H33Br2F9N2O. The Morgan fingerprint density at radius 2 is 1.42 bits per heavy atom. The second-order valence-corrected chi connectivity index (χ2v) is 13.0. The summed E-state index contributed by atoms with van der Waals surface area (Å²) in [4.78, 5) is 0. The molecule has 0 amide bonds. The highest BCUT2D eigenvalue weighted by Gasteiger charge is 2.54. The van der Waals surface area contributed by atoms with Gasteiger partial charge in [0, 0.05) is 47.6 Å². The molecule has 5 unspecified atom stereocenters. The molecule has 3 aliphatic rings. The van der Waals surface area contributed by atoms with E-state index in [1.807, 2.05) is 0 Å². The monoisotopic (exact) mass is 838 g/mol. The Hall–Kier alpha value is -2.94. The maximum absolute atomic E-state index is 13.8. The van der Waals surface area contributed by atoms with Gasteiger partial charge in [-0.2, -0.15) is 44.1 Å². The Morgan fingerprint density at radius 3 is 2.04 bits per heavy atom. The van der Waals surface area contributed by atoms with Crippen LogP contribution in [-0.4, -0.2) is 28.7 Å². The highest BCUT2D eigenvalue weighted by molar-refractivity contribution is 5.79. The summed E-state index contributed by atoms with van der Waals surface area (Å²) in [7, 11) is 0. The van der Waals surface area contributed by atoms with Crippen LogP contribution in [0.4, 0.5) is 39.5 Å². The normalized spacial score (nSPS) is 22.8. The molecule has 1 N–H and O–H groups in total. The third-order valence-electron chi connectivity index (χ3n) is 10.1. The SMILES string of the molecule is C=CC1C[N+]2(Cc3cc(C(F)(F)F)cc(C(F)(F)F)c3)CCC1CC2C(O)c1cc[n+](Cc2cccc(C(F)(F)F)c2)c2ccccc12.[Br-].[Br-]. The standard InChI is InChI=1S/C36H33F9N2O.2BrH/c1-2-24-21-47(20-23-15-27(35(40,41)42)18-28(16-23)36(43,44)45)13-11-25(24)17-32(47)33(48)30-10-12-46(31-9-4-3-8-29(30)31)19-22-6-5-7-26(14-22)34(37,38)39;;/h2-10,12,14-16,18,24-25,32-33,48H,1,11,13,17,19-21H2;2*1H/q+2;;/p-2. The van der Waals surface area contributed by atoms with E-state index in [2.05, 4.69) is 6.58 Å². The maximum atomic E-state index is 13.8. The minimum atomic E-state index is -4.99. The predicted molar refractivity (Wildman–Crippen MR) is 160 cm³/mol. The molecule has 3 nitrogen and oxygen atoms in total. The van der Waals surface area contributed by atoms with Gasteiger partial charge in [0.05, 0.1) is 35.2 Å². The van der Waals surface area contributed by atoms with E-state index in [0.29, 0.717) is 48.0 Å². The summed E-state index contributed by atoms with van der Waals surface area (Å²) in [5.74, 6) is 0.104. The van der Waals surface area contributed by atoms with E-state index >= 15 is 0 Å². The molecule has 0 spiro atoms. The summed E-state index contributed by atoms with van der Waals surface area (Å²) < 4.78 is 124. The van der Waals surface area contributed by atoms with E-state index in [1.165, 1.54) is 6.07 Å². The van der Waals surface area contributed by atoms with Gasteiger partial charge in [-0.25, -0.2) is 0 Å². The number of nitrogens with zero attached hydrogens (tertiary/aromatic N) is 2. The lowest BCUT2D eigenvalue weighted by atomic mass is 9.71. The molecule has 0 radical (unpaired) electrons. The number of aliphatic hydroxyl groups excluding tert-OH is 1. The number of hydrogen-bond acceptors (Lipinski definition) is 1. The van der Waals surface area contributed by atoms with Crippen molar-refractivity contribution in [1.82, 2.24) is 0 Å². The third-order valence-corrected chi connectivity index (χ3v) is 10.1. The first kappa shape index (κ1) is 39.8. The average Bonchev–Trinajstić information content (AvgIpc) is 3.03. The maximum Gasteiger partial charge on any atom is 0.416 e. The van der Waals surface area contributed by atoms with Crippen LogP contribution >= 0.6 is 0 Å². The summed E-state index contributed by atoms with van der Waals surface area (Å²) in [6.45, 7) is 4.75. The number of rotatable bonds is 7. The first-order valence-corrected chi connectivity index (χ1v) is 15.5. The lowest BCUT2D eigenvalue weighted by Crippen LogP contribution is -3.00. The highest BCUT2D eigenvalue weighted by Crippen LogP contribution is 2.48. The Balaban J connectivity index is 0.00000281. The fraction of sp³-hybridized carbons (Fsp3) is 0.361. The van der Waals surface area contributed by atoms with Crippen molar-refractivity contribution in [2.24, 2.45) is 11.8 Å². The van der Waals surface area contributed by atoms with Gasteiger partial charge in [0.2, 0.25) is 5.52 Å². The van der Waals surface area contributed by atoms with Gasteiger partial charge in [-0.1, -0.05) is 30.3 Å². The number of pyridine rings is 1. The number of aliphatic hydroxyl groups is 1. The molecule has 3 saturated heterocycles. The molecule has 3 fully saturated rings. The van der Waals surface area contributed by atoms with Crippen LogP contribution in [0.3, 0.4) is 0 Å². The van der Waals surface area contributed by atoms with Crippen molar-refractivity contribution in [3.63, 3.8) is 0 Å². The fourth-order valence-electron chi connectivity index (χ4n) is 7.81. The Kier molecular flexibility index (Phi) is 11.6. The van der Waals surface area contributed by atoms with Crippen LogP contribution in [0.5, 0.6) is 0 Å². The van der Waals surface area contributed by atoms with Gasteiger partial charge in [-0.3, -0.25) is 0 Å². The second-order valence-electron chi connectivity index (χ2n) is 13.0. The first-order chi connectivity index (χ1) is 22.5. The number of hydrogen-bond donors (Lipinski definition) is 1. The average molecular weight is 840 g/mol. The van der Waals surface area contributed by atoms with E-state index in [1.54, 1.807) is 53.2 Å². The minimum Gasteiger partial charge on any atom is -1.00 e. The number of piperidine rings is 3. The second kappa shape index (κ2) is 14.6. The number of benzene rings is 3. The summed E-state index contributed by atoms with van der Waals surface area (Å²) in [6.07, 6.45) is -11.0. The van der Waals surface area contributed by atoms with Crippen LogP contribution in [0.15, 0.2) is 91.6 Å². The number of alkyl halides is 9. The van der Waals surface area contributed by atoms with Crippen LogP contribution in [0.25, 0.3) is 10.9 Å². The van der Waals surface area contributed by atoms with E-state index in [4.69, 9.17) is 0 Å². The van der Waals surface area contributed by atoms with Crippen LogP contribution in [-0.2, 0) is 31.6 Å². The van der Waals surface area contributed by atoms with Crippen molar-refractivity contribution in [2.75, 3.05) is 13.1 Å². The Bertz CT molecular complexity index is 1810. The summed E-state index contributed by atoms with van der Waals surface area (Å²) in [6, 6.07) is 14.9. The Labute approximate surface area is 304 Å². The zero-order chi connectivity index (χ0) is 34.6. The van der Waals surface area contributed by atoms with Crippen LogP contribution in [0, 0.1) is 11.8 Å². The molecule has 4 aromatic rings. The zero-order valence-electron chi connectivity index (χ0n) is 26.3. The lowest BCUT2D eigenvalue weighted by Gasteiger charge is -2.58. The van der Waals surface area contributed by atoms with E-state index in [9.17, 15) is 44.6 Å². The van der Waals surface area contributed by atoms with E-state index < -0.39 is 47.4 Å². The van der Waals surface area contributed by atoms with Gasteiger partial charge < -0.3 is 43.6 Å². The van der Waals surface area contributed by atoms with Crippen molar-refractivity contribution in [1.29, 1.82) is 0 Å². The van der Waals surface area contributed by atoms with Gasteiger partial charge in [0.1, 0.15) is 18.7 Å². The number of fused-ring (bicyclic) bond motifs is 4. The fourth-order valence-corrected chi connectivity index (χ4v) is 7.81. The van der Waals surface area contributed by atoms with E-state index in [0.717, 1.165) is 24.3 Å². The van der Waals surface area contributed by atoms with Crippen molar-refractivity contribution in [2.45, 2.75) is 56.6 Å². The van der Waals surface area contributed by atoms with Crippen molar-refractivity contribution >= 4 is 10.9 Å². The van der Waals surface area contributed by atoms with Crippen LogP contribution in [0.1, 0.15) is 52.3 Å². The molecule has 5 atom stereocenters. The molecule has 270 valence electrons. The smallest absolute Gasteiger partial charge is 0.416 e. The van der Waals surface area contributed by atoms with Gasteiger partial charge in [-0.15, -0.1) is 6.58 Å².